The fourth-order valence-electron chi connectivity index (χ4n) is 5.90. The minimum Gasteiger partial charge on any atom is -0.543 e. The van der Waals surface area contributed by atoms with Crippen molar-refractivity contribution in [2.75, 3.05) is 17.2 Å². The van der Waals surface area contributed by atoms with Crippen molar-refractivity contribution in [2.45, 2.75) is 63.1 Å². The fraction of sp³-hybridized carbons (Fsp3) is 0.393. The Labute approximate surface area is 278 Å². The zero-order valence-electron chi connectivity index (χ0n) is 23.9. The minimum absolute atomic E-state index is 0. The van der Waals surface area contributed by atoms with Crippen LogP contribution in [0.3, 0.4) is 0 Å². The van der Waals surface area contributed by atoms with E-state index in [-0.39, 0.29) is 76.1 Å². The summed E-state index contributed by atoms with van der Waals surface area (Å²) in [4.78, 5) is 64.1. The van der Waals surface area contributed by atoms with Gasteiger partial charge in [0.1, 0.15) is 17.9 Å². The van der Waals surface area contributed by atoms with Crippen molar-refractivity contribution in [3.05, 3.63) is 53.0 Å². The van der Waals surface area contributed by atoms with Gasteiger partial charge in [0.2, 0.25) is 11.5 Å². The van der Waals surface area contributed by atoms with E-state index in [0.29, 0.717) is 36.2 Å². The van der Waals surface area contributed by atoms with Gasteiger partial charge in [0.15, 0.2) is 5.13 Å². The number of rotatable bonds is 8. The Morgan fingerprint density at radius 1 is 1.16 bits per heavy atom. The first-order chi connectivity index (χ1) is 20.7. The maximum Gasteiger partial charge on any atom is 1.00 e. The number of nitrogens with one attached hydrogen (secondary N) is 1. The predicted molar refractivity (Wildman–Crippen MR) is 151 cm³/mol. The van der Waals surface area contributed by atoms with Crippen molar-refractivity contribution >= 4 is 51.8 Å². The Morgan fingerprint density at radius 3 is 2.55 bits per heavy atom. The van der Waals surface area contributed by atoms with Crippen molar-refractivity contribution in [1.29, 1.82) is 0 Å². The largest absolute Gasteiger partial charge is 1.00 e. The topological polar surface area (TPSA) is 203 Å². The molecule has 224 valence electrons. The molecule has 4 N–H and O–H groups in total. The first-order valence-electron chi connectivity index (χ1n) is 13.9. The molecule has 1 aliphatic carbocycles. The number of nitrogens with zero attached hydrogens (tertiary/aromatic N) is 5. The molecule has 4 heterocycles. The first-order valence-corrected chi connectivity index (χ1v) is 14.7. The zero-order chi connectivity index (χ0) is 30.2. The Kier molecular flexibility index (Phi) is 9.39. The van der Waals surface area contributed by atoms with Crippen LogP contribution in [-0.2, 0) is 24.0 Å². The van der Waals surface area contributed by atoms with Gasteiger partial charge in [0.05, 0.1) is 17.7 Å². The summed E-state index contributed by atoms with van der Waals surface area (Å²) >= 11 is 0.886. The number of nitrogen functional groups attached to an aromatic ring is 1. The summed E-state index contributed by atoms with van der Waals surface area (Å²) in [7, 11) is 0. The molecule has 44 heavy (non-hydrogen) atoms. The predicted octanol–water partition coefficient (Wildman–Crippen LogP) is -2.65. The molecule has 6 rings (SSSR count). The number of allylic oxidation sites excluding steroid dienone is 2. The molecule has 1 aromatic heterocycles. The molecule has 2 aromatic rings. The number of carboxylic acid groups (broad SMARTS) is 1. The Bertz CT molecular complexity index is 1580. The van der Waals surface area contributed by atoms with Gasteiger partial charge in [0.25, 0.3) is 17.7 Å². The summed E-state index contributed by atoms with van der Waals surface area (Å²) in [6.45, 7) is 0.386. The average Bonchev–Trinajstić information content (AvgIpc) is 3.75. The number of anilines is 2. The molecule has 0 radical (unpaired) electrons. The molecule has 1 aromatic carbocycles. The Balaban J connectivity index is 0.00000384. The molecule has 3 fully saturated rings. The number of carbonyl (C=O) groups is 4. The summed E-state index contributed by atoms with van der Waals surface area (Å²) in [6.07, 6.45) is 5.95. The van der Waals surface area contributed by atoms with Crippen LogP contribution in [0.2, 0.25) is 0 Å². The molecule has 0 spiro atoms. The smallest absolute Gasteiger partial charge is 0.543 e. The normalized spacial score (nSPS) is 23.0. The second kappa shape index (κ2) is 13.1. The molecule has 3 aliphatic heterocycles. The van der Waals surface area contributed by atoms with E-state index in [4.69, 9.17) is 10.6 Å². The maximum atomic E-state index is 13.3. The van der Waals surface area contributed by atoms with Crippen LogP contribution in [0.25, 0.3) is 0 Å². The number of carbonyl (C=O) groups excluding carboxylic acids is 4. The van der Waals surface area contributed by atoms with E-state index < -0.39 is 29.9 Å². The number of aromatic nitrogens is 2. The molecule has 0 bridgehead atoms. The number of amides is 3. The van der Waals surface area contributed by atoms with Crippen molar-refractivity contribution in [3.63, 3.8) is 0 Å². The van der Waals surface area contributed by atoms with E-state index in [0.717, 1.165) is 42.1 Å². The second-order valence-corrected chi connectivity index (χ2v) is 11.5. The summed E-state index contributed by atoms with van der Waals surface area (Å²) in [5.41, 5.74) is 6.47. The van der Waals surface area contributed by atoms with Crippen LogP contribution in [0, 0.1) is 0 Å². The molecule has 0 unspecified atom stereocenters. The summed E-state index contributed by atoms with van der Waals surface area (Å²) in [6, 6.07) is 4.56. The number of phenols is 1. The van der Waals surface area contributed by atoms with Gasteiger partial charge in [-0.1, -0.05) is 5.16 Å². The summed E-state index contributed by atoms with van der Waals surface area (Å²) in [5.74, 6) is -3.17. The third kappa shape index (κ3) is 6.09. The maximum absolute atomic E-state index is 13.3. The number of carboxylic acids is 1. The molecule has 2 saturated heterocycles. The van der Waals surface area contributed by atoms with E-state index in [9.17, 15) is 29.4 Å². The van der Waals surface area contributed by atoms with Gasteiger partial charge in [-0.25, -0.2) is 0 Å². The number of phenolic OH excluding ortho intramolecular Hbond substituents is 1. The van der Waals surface area contributed by atoms with Gasteiger partial charge in [-0.05, 0) is 80.9 Å². The van der Waals surface area contributed by atoms with Crippen molar-refractivity contribution in [1.82, 2.24) is 19.6 Å². The second-order valence-electron chi connectivity index (χ2n) is 10.7. The number of aliphatic carboxylic acids is 1. The van der Waals surface area contributed by atoms with Gasteiger partial charge in [-0.2, -0.15) is 9.36 Å². The molecule has 1 saturated carbocycles. The van der Waals surface area contributed by atoms with Crippen molar-refractivity contribution in [2.24, 2.45) is 5.16 Å². The molecule has 3 amide bonds. The van der Waals surface area contributed by atoms with E-state index in [1.165, 1.54) is 23.1 Å². The van der Waals surface area contributed by atoms with Crippen LogP contribution in [0.4, 0.5) is 10.8 Å². The number of β-lactam (4-membered cyclic amide) rings is 1. The monoisotopic (exact) mass is 629 g/mol. The van der Waals surface area contributed by atoms with E-state index >= 15 is 0 Å². The average molecular weight is 630 g/mol. The van der Waals surface area contributed by atoms with Crippen LogP contribution in [0.1, 0.15) is 50.8 Å². The van der Waals surface area contributed by atoms with E-state index in [1.54, 1.807) is 12.1 Å². The van der Waals surface area contributed by atoms with Crippen LogP contribution < -0.4 is 50.6 Å². The number of hydrogen-bond acceptors (Lipinski definition) is 12. The number of fused-ring (bicyclic) bond motifs is 1. The van der Waals surface area contributed by atoms with Crippen LogP contribution in [0.15, 0.2) is 52.3 Å². The third-order valence-electron chi connectivity index (χ3n) is 8.05. The summed E-state index contributed by atoms with van der Waals surface area (Å²) in [5, 5.41) is 28.6. The first kappa shape index (κ1) is 31.6. The number of aromatic hydroxyl groups is 1. The van der Waals surface area contributed by atoms with Gasteiger partial charge >= 0.3 is 29.6 Å². The molecule has 16 heteroatoms. The van der Waals surface area contributed by atoms with Crippen LogP contribution in [0.5, 0.6) is 5.75 Å². The number of hydrogen-bond donors (Lipinski definition) is 3. The van der Waals surface area contributed by atoms with Gasteiger partial charge in [0, 0.05) is 29.3 Å². The standard InChI is InChI=1S/C28H29N7O7S.Na/c29-28-31-23(33-43-28)21(32-42-18-3-1-2-4-18)24(37)30-20-19-10-5-14(22(27(40)41)35(19)26(20)39)13-15-11-12-34(25(15)38)16-6-8-17(36)9-7-16;/h6-9,13,18-20,36H,1-5,10-12H2,(H,30,37)(H,40,41)(H2,29,31,33);/q;+1/p-1/b15-13+,32-21-;/t19-,20+;/m1./s1. The van der Waals surface area contributed by atoms with E-state index in [2.05, 4.69) is 19.8 Å². The zero-order valence-corrected chi connectivity index (χ0v) is 26.7. The van der Waals surface area contributed by atoms with Crippen LogP contribution in [-0.4, -0.2) is 73.5 Å². The fourth-order valence-corrected chi connectivity index (χ4v) is 6.34. The minimum atomic E-state index is -1.55. The van der Waals surface area contributed by atoms with Gasteiger partial charge in [-0.3, -0.25) is 14.4 Å². The third-order valence-corrected chi connectivity index (χ3v) is 8.60. The van der Waals surface area contributed by atoms with Crippen molar-refractivity contribution < 1.29 is 63.8 Å². The number of benzene rings is 1. The number of oxime groups is 1. The molecule has 2 atom stereocenters. The molecule has 14 nitrogen and oxygen atoms in total. The molecule has 4 aliphatic rings. The molecular formula is C28H28N7NaO7S. The SMILES string of the molecule is Nc1nc(/C(=N/OC2CCCC2)C(=O)N[C@@H]2C(=O)N3C(C(=O)[O-])=C(/C=C4\CCN(c5ccc(O)cc5)C4=O)CC[C@H]23)ns1.[Na+]. The molecular weight excluding hydrogens is 601 g/mol. The quantitative estimate of drug-likeness (QED) is 0.0910. The van der Waals surface area contributed by atoms with Crippen LogP contribution >= 0.6 is 11.5 Å². The Hall–Kier alpha value is -3.79. The summed E-state index contributed by atoms with van der Waals surface area (Å²) < 4.78 is 4.06. The van der Waals surface area contributed by atoms with Crippen molar-refractivity contribution in [3.8, 4) is 5.75 Å². The Morgan fingerprint density at radius 2 is 1.89 bits per heavy atom. The van der Waals surface area contributed by atoms with Gasteiger partial charge in [-0.15, -0.1) is 0 Å². The number of nitrogens with two attached hydrogens (primary N) is 1. The van der Waals surface area contributed by atoms with Gasteiger partial charge < -0.3 is 40.7 Å². The van der Waals surface area contributed by atoms with E-state index in [1.807, 2.05) is 0 Å².